The zero-order chi connectivity index (χ0) is 20.1. The molecular weight excluding hydrogens is 374 g/mol. The van der Waals surface area contributed by atoms with E-state index in [1.807, 2.05) is 38.2 Å². The lowest BCUT2D eigenvalue weighted by atomic mass is 10.1. The van der Waals surface area contributed by atoms with Gasteiger partial charge in [-0.3, -0.25) is 4.79 Å². The Kier molecular flexibility index (Phi) is 6.49. The van der Waals surface area contributed by atoms with Crippen molar-refractivity contribution in [3.8, 4) is 0 Å². The summed E-state index contributed by atoms with van der Waals surface area (Å²) >= 11 is 0. The number of aryl methyl sites for hydroxylation is 1. The molecule has 1 aliphatic rings. The van der Waals surface area contributed by atoms with E-state index in [0.717, 1.165) is 24.2 Å². The quantitative estimate of drug-likeness (QED) is 0.804. The van der Waals surface area contributed by atoms with Crippen LogP contribution in [0.2, 0.25) is 0 Å². The Labute approximate surface area is 167 Å². The Morgan fingerprint density at radius 2 is 1.64 bits per heavy atom. The standard InChI is InChI=1S/C21H27N3O3S/c1-17-5-3-4-6-20(17)15-22-21(25)19-9-7-18(8-10-19)16-28(26,27)24-13-11-23(2)12-14-24/h3-10H,11-16H2,1-2H3,(H,22,25). The van der Waals surface area contributed by atoms with Gasteiger partial charge in [-0.2, -0.15) is 4.31 Å². The molecule has 1 amide bonds. The van der Waals surface area contributed by atoms with Crippen LogP contribution in [0.1, 0.15) is 27.0 Å². The molecule has 0 spiro atoms. The van der Waals surface area contributed by atoms with Crippen LogP contribution >= 0.6 is 0 Å². The summed E-state index contributed by atoms with van der Waals surface area (Å²) in [5.41, 5.74) is 3.42. The summed E-state index contributed by atoms with van der Waals surface area (Å²) in [6.45, 7) is 5.02. The molecule has 150 valence electrons. The van der Waals surface area contributed by atoms with Crippen molar-refractivity contribution in [3.63, 3.8) is 0 Å². The molecule has 2 aromatic rings. The van der Waals surface area contributed by atoms with E-state index in [1.165, 1.54) is 0 Å². The SMILES string of the molecule is Cc1ccccc1CNC(=O)c1ccc(CS(=O)(=O)N2CCN(C)CC2)cc1. The number of carbonyl (C=O) groups is 1. The lowest BCUT2D eigenvalue weighted by molar-refractivity contribution is 0.0951. The minimum atomic E-state index is -3.34. The summed E-state index contributed by atoms with van der Waals surface area (Å²) in [4.78, 5) is 14.5. The van der Waals surface area contributed by atoms with Crippen molar-refractivity contribution in [1.29, 1.82) is 0 Å². The molecule has 0 atom stereocenters. The van der Waals surface area contributed by atoms with Crippen LogP contribution in [-0.2, 0) is 22.3 Å². The van der Waals surface area contributed by atoms with E-state index >= 15 is 0 Å². The lowest BCUT2D eigenvalue weighted by Gasteiger charge is -2.31. The number of sulfonamides is 1. The summed E-state index contributed by atoms with van der Waals surface area (Å²) in [5, 5.41) is 2.91. The van der Waals surface area contributed by atoms with Crippen molar-refractivity contribution in [2.75, 3.05) is 33.2 Å². The first-order chi connectivity index (χ1) is 13.3. The van der Waals surface area contributed by atoms with E-state index in [-0.39, 0.29) is 11.7 Å². The zero-order valence-electron chi connectivity index (χ0n) is 16.4. The maximum Gasteiger partial charge on any atom is 0.251 e. The highest BCUT2D eigenvalue weighted by Crippen LogP contribution is 2.14. The molecule has 1 fully saturated rings. The van der Waals surface area contributed by atoms with Gasteiger partial charge in [0, 0.05) is 38.3 Å². The number of rotatable bonds is 6. The molecule has 1 N–H and O–H groups in total. The summed E-state index contributed by atoms with van der Waals surface area (Å²) in [6.07, 6.45) is 0. The Hall–Kier alpha value is -2.22. The second-order valence-electron chi connectivity index (χ2n) is 7.26. The van der Waals surface area contributed by atoms with Crippen LogP contribution in [-0.4, -0.2) is 56.8 Å². The van der Waals surface area contributed by atoms with Crippen molar-refractivity contribution < 1.29 is 13.2 Å². The monoisotopic (exact) mass is 401 g/mol. The van der Waals surface area contributed by atoms with E-state index in [9.17, 15) is 13.2 Å². The summed E-state index contributed by atoms with van der Waals surface area (Å²) in [5.74, 6) is -0.210. The summed E-state index contributed by atoms with van der Waals surface area (Å²) in [7, 11) is -1.34. The fourth-order valence-electron chi connectivity index (χ4n) is 3.21. The third-order valence-corrected chi connectivity index (χ3v) is 6.97. The van der Waals surface area contributed by atoms with E-state index in [1.54, 1.807) is 28.6 Å². The van der Waals surface area contributed by atoms with E-state index < -0.39 is 10.0 Å². The number of benzene rings is 2. The van der Waals surface area contributed by atoms with Gasteiger partial charge in [0.05, 0.1) is 5.75 Å². The van der Waals surface area contributed by atoms with Crippen LogP contribution in [0, 0.1) is 6.92 Å². The third-order valence-electron chi connectivity index (χ3n) is 5.12. The van der Waals surface area contributed by atoms with Crippen molar-refractivity contribution in [2.45, 2.75) is 19.2 Å². The third kappa shape index (κ3) is 5.19. The fourth-order valence-corrected chi connectivity index (χ4v) is 4.72. The van der Waals surface area contributed by atoms with Gasteiger partial charge in [-0.1, -0.05) is 36.4 Å². The highest BCUT2D eigenvalue weighted by molar-refractivity contribution is 7.88. The Morgan fingerprint density at radius 1 is 1.00 bits per heavy atom. The van der Waals surface area contributed by atoms with Crippen LogP contribution in [0.3, 0.4) is 0 Å². The molecule has 1 heterocycles. The molecule has 0 radical (unpaired) electrons. The Morgan fingerprint density at radius 3 is 2.29 bits per heavy atom. The molecule has 0 saturated carbocycles. The maximum absolute atomic E-state index is 12.6. The number of hydrogen-bond acceptors (Lipinski definition) is 4. The summed E-state index contributed by atoms with van der Waals surface area (Å²) in [6, 6.07) is 14.7. The van der Waals surface area contributed by atoms with Crippen molar-refractivity contribution in [1.82, 2.24) is 14.5 Å². The molecule has 28 heavy (non-hydrogen) atoms. The van der Waals surface area contributed by atoms with E-state index in [2.05, 4.69) is 10.2 Å². The number of nitrogens with zero attached hydrogens (tertiary/aromatic N) is 2. The largest absolute Gasteiger partial charge is 0.348 e. The lowest BCUT2D eigenvalue weighted by Crippen LogP contribution is -2.47. The van der Waals surface area contributed by atoms with Crippen LogP contribution < -0.4 is 5.32 Å². The van der Waals surface area contributed by atoms with Gasteiger partial charge >= 0.3 is 0 Å². The number of amides is 1. The van der Waals surface area contributed by atoms with Crippen LogP contribution in [0.15, 0.2) is 48.5 Å². The van der Waals surface area contributed by atoms with Gasteiger partial charge in [0.15, 0.2) is 0 Å². The van der Waals surface area contributed by atoms with Crippen LogP contribution in [0.4, 0.5) is 0 Å². The minimum absolute atomic E-state index is 0.0399. The zero-order valence-corrected chi connectivity index (χ0v) is 17.2. The Bertz CT molecular complexity index is 918. The first kappa shape index (κ1) is 20.5. The average molecular weight is 402 g/mol. The van der Waals surface area contributed by atoms with E-state index in [4.69, 9.17) is 0 Å². The van der Waals surface area contributed by atoms with Gasteiger partial charge < -0.3 is 10.2 Å². The Balaban J connectivity index is 1.58. The maximum atomic E-state index is 12.6. The molecular formula is C21H27N3O3S. The molecule has 1 aliphatic heterocycles. The smallest absolute Gasteiger partial charge is 0.251 e. The van der Waals surface area contributed by atoms with Crippen molar-refractivity contribution in [2.24, 2.45) is 0 Å². The number of nitrogens with one attached hydrogen (secondary N) is 1. The van der Waals surface area contributed by atoms with Gasteiger partial charge in [0.2, 0.25) is 10.0 Å². The molecule has 1 saturated heterocycles. The van der Waals surface area contributed by atoms with Crippen LogP contribution in [0.5, 0.6) is 0 Å². The van der Waals surface area contributed by atoms with Gasteiger partial charge in [0.1, 0.15) is 0 Å². The molecule has 6 nitrogen and oxygen atoms in total. The molecule has 3 rings (SSSR count). The van der Waals surface area contributed by atoms with Gasteiger partial charge in [0.25, 0.3) is 5.91 Å². The highest BCUT2D eigenvalue weighted by Gasteiger charge is 2.25. The topological polar surface area (TPSA) is 69.7 Å². The van der Waals surface area contributed by atoms with Gasteiger partial charge in [-0.25, -0.2) is 8.42 Å². The second kappa shape index (κ2) is 8.86. The highest BCUT2D eigenvalue weighted by atomic mass is 32.2. The molecule has 0 unspecified atom stereocenters. The number of piperazine rings is 1. The number of carbonyl (C=O) groups excluding carboxylic acids is 1. The average Bonchev–Trinajstić information content (AvgIpc) is 2.68. The second-order valence-corrected chi connectivity index (χ2v) is 9.23. The predicted octanol–water partition coefficient (Wildman–Crippen LogP) is 2.00. The normalized spacial score (nSPS) is 16.1. The van der Waals surface area contributed by atoms with E-state index in [0.29, 0.717) is 30.8 Å². The molecule has 7 heteroatoms. The molecule has 0 aliphatic carbocycles. The molecule has 0 bridgehead atoms. The number of likely N-dealkylation sites (N-methyl/N-ethyl adjacent to an activating group) is 1. The predicted molar refractivity (Wildman–Crippen MR) is 110 cm³/mol. The molecule has 0 aromatic heterocycles. The minimum Gasteiger partial charge on any atom is -0.348 e. The van der Waals surface area contributed by atoms with Crippen LogP contribution in [0.25, 0.3) is 0 Å². The van der Waals surface area contributed by atoms with Crippen molar-refractivity contribution >= 4 is 15.9 Å². The number of hydrogen-bond donors (Lipinski definition) is 1. The fraction of sp³-hybridized carbons (Fsp3) is 0.381. The first-order valence-electron chi connectivity index (χ1n) is 9.43. The van der Waals surface area contributed by atoms with Gasteiger partial charge in [-0.05, 0) is 42.8 Å². The summed E-state index contributed by atoms with van der Waals surface area (Å²) < 4.78 is 26.8. The molecule has 2 aromatic carbocycles. The van der Waals surface area contributed by atoms with Gasteiger partial charge in [-0.15, -0.1) is 0 Å². The first-order valence-corrected chi connectivity index (χ1v) is 11.0. The van der Waals surface area contributed by atoms with Crippen molar-refractivity contribution in [3.05, 3.63) is 70.8 Å².